The number of unbranched alkanes of at least 4 members (excludes halogenated alkanes) is 3. The minimum absolute atomic E-state index is 0.162. The van der Waals surface area contributed by atoms with E-state index in [4.69, 9.17) is 14.9 Å². The van der Waals surface area contributed by atoms with Crippen LogP contribution in [-0.2, 0) is 9.47 Å². The molecular formula is C30H42N8O7. The molecule has 0 unspecified atom stereocenters. The SMILES string of the molecule is COC(=O)c1cccc(/C(C=N)=C/NCCCCCCNC(=O)c2nn(C3CCN(C(=O)OC(C)(C)C)CC3)cc2[N+](=O)[O-])n1. The van der Waals surface area contributed by atoms with Crippen LogP contribution in [0.4, 0.5) is 10.5 Å². The highest BCUT2D eigenvalue weighted by atomic mass is 16.6. The van der Waals surface area contributed by atoms with Crippen molar-refractivity contribution in [1.29, 1.82) is 5.41 Å². The fraction of sp³-hybridized carbons (Fsp3) is 0.533. The Balaban J connectivity index is 1.40. The van der Waals surface area contributed by atoms with Crippen LogP contribution in [0.15, 0.2) is 30.6 Å². The lowest BCUT2D eigenvalue weighted by atomic mass is 10.1. The topological polar surface area (TPSA) is 195 Å². The van der Waals surface area contributed by atoms with Crippen LogP contribution in [0.3, 0.4) is 0 Å². The normalized spacial score (nSPS) is 14.0. The number of hydrogen-bond acceptors (Lipinski definition) is 11. The molecule has 2 aromatic heterocycles. The van der Waals surface area contributed by atoms with Gasteiger partial charge in [0.15, 0.2) is 0 Å². The van der Waals surface area contributed by atoms with Crippen LogP contribution >= 0.6 is 0 Å². The Morgan fingerprint density at radius 3 is 2.40 bits per heavy atom. The number of hydrogen-bond donors (Lipinski definition) is 3. The number of pyridine rings is 1. The minimum atomic E-state index is -0.606. The fourth-order valence-electron chi connectivity index (χ4n) is 4.68. The molecule has 0 aromatic carbocycles. The summed E-state index contributed by atoms with van der Waals surface area (Å²) in [7, 11) is 1.28. The molecule has 0 spiro atoms. The summed E-state index contributed by atoms with van der Waals surface area (Å²) in [6.45, 7) is 7.26. The lowest BCUT2D eigenvalue weighted by molar-refractivity contribution is -0.385. The third-order valence-corrected chi connectivity index (χ3v) is 7.00. The summed E-state index contributed by atoms with van der Waals surface area (Å²) in [5.74, 6) is -1.14. The van der Waals surface area contributed by atoms with Crippen molar-refractivity contribution in [3.05, 3.63) is 57.8 Å². The van der Waals surface area contributed by atoms with Crippen LogP contribution in [0.25, 0.3) is 5.57 Å². The van der Waals surface area contributed by atoms with Gasteiger partial charge in [0.05, 0.1) is 23.8 Å². The van der Waals surface area contributed by atoms with Gasteiger partial charge in [0.1, 0.15) is 17.5 Å². The average Bonchev–Trinajstić information content (AvgIpc) is 3.47. The molecule has 0 atom stereocenters. The number of aromatic nitrogens is 3. The van der Waals surface area contributed by atoms with Crippen molar-refractivity contribution in [3.8, 4) is 0 Å². The second kappa shape index (κ2) is 16.3. The van der Waals surface area contributed by atoms with Crippen molar-refractivity contribution >= 4 is 35.4 Å². The zero-order valence-electron chi connectivity index (χ0n) is 26.2. The van der Waals surface area contributed by atoms with Gasteiger partial charge >= 0.3 is 17.7 Å². The van der Waals surface area contributed by atoms with Crippen molar-refractivity contribution < 1.29 is 28.8 Å². The number of piperidine rings is 1. The molecule has 1 aliphatic rings. The van der Waals surface area contributed by atoms with Gasteiger partial charge in [-0.1, -0.05) is 18.9 Å². The molecular weight excluding hydrogens is 584 g/mol. The van der Waals surface area contributed by atoms with Crippen LogP contribution in [0.5, 0.6) is 0 Å². The van der Waals surface area contributed by atoms with Crippen LogP contribution in [-0.4, -0.2) is 87.7 Å². The van der Waals surface area contributed by atoms with E-state index >= 15 is 0 Å². The number of rotatable bonds is 14. The van der Waals surface area contributed by atoms with Crippen molar-refractivity contribution in [2.45, 2.75) is 70.9 Å². The van der Waals surface area contributed by atoms with Gasteiger partial charge in [0, 0.05) is 44.2 Å². The van der Waals surface area contributed by atoms with Gasteiger partial charge in [-0.15, -0.1) is 0 Å². The maximum Gasteiger partial charge on any atom is 0.410 e. The quantitative estimate of drug-likeness (QED) is 0.0902. The molecule has 0 saturated carbocycles. The molecule has 15 heteroatoms. The van der Waals surface area contributed by atoms with Gasteiger partial charge in [0.2, 0.25) is 5.69 Å². The van der Waals surface area contributed by atoms with E-state index in [9.17, 15) is 24.5 Å². The number of amides is 2. The first kappa shape index (κ1) is 34.7. The van der Waals surface area contributed by atoms with E-state index in [-0.39, 0.29) is 23.1 Å². The lowest BCUT2D eigenvalue weighted by Crippen LogP contribution is -2.42. The maximum absolute atomic E-state index is 12.8. The molecule has 0 bridgehead atoms. The summed E-state index contributed by atoms with van der Waals surface area (Å²) in [4.78, 5) is 53.7. The van der Waals surface area contributed by atoms with E-state index in [2.05, 4.69) is 20.7 Å². The number of carbonyl (C=O) groups is 3. The smallest absolute Gasteiger partial charge is 0.410 e. The second-order valence-electron chi connectivity index (χ2n) is 11.6. The van der Waals surface area contributed by atoms with Gasteiger partial charge in [-0.3, -0.25) is 19.6 Å². The summed E-state index contributed by atoms with van der Waals surface area (Å²) in [6.07, 6.45) is 8.03. The molecule has 3 heterocycles. The van der Waals surface area contributed by atoms with E-state index in [0.717, 1.165) is 25.5 Å². The molecule has 1 saturated heterocycles. The van der Waals surface area contributed by atoms with E-state index in [0.29, 0.717) is 56.7 Å². The van der Waals surface area contributed by atoms with Crippen LogP contribution in [0.1, 0.15) is 92.0 Å². The van der Waals surface area contributed by atoms with Crippen molar-refractivity contribution in [2.24, 2.45) is 0 Å². The third kappa shape index (κ3) is 10.4. The van der Waals surface area contributed by atoms with E-state index in [1.165, 1.54) is 18.0 Å². The predicted molar refractivity (Wildman–Crippen MR) is 166 cm³/mol. The molecule has 15 nitrogen and oxygen atoms in total. The van der Waals surface area contributed by atoms with E-state index < -0.39 is 28.5 Å². The summed E-state index contributed by atoms with van der Waals surface area (Å²) >= 11 is 0. The molecule has 1 fully saturated rings. The van der Waals surface area contributed by atoms with Crippen LogP contribution in [0, 0.1) is 15.5 Å². The number of nitrogens with one attached hydrogen (secondary N) is 3. The Hall–Kier alpha value is -4.82. The number of nitrogens with zero attached hydrogens (tertiary/aromatic N) is 5. The number of esters is 1. The Kier molecular flexibility index (Phi) is 12.6. The highest BCUT2D eigenvalue weighted by Crippen LogP contribution is 2.27. The van der Waals surface area contributed by atoms with Crippen molar-refractivity contribution in [1.82, 2.24) is 30.3 Å². The number of nitro groups is 1. The largest absolute Gasteiger partial charge is 0.464 e. The minimum Gasteiger partial charge on any atom is -0.464 e. The second-order valence-corrected chi connectivity index (χ2v) is 11.6. The van der Waals surface area contributed by atoms with Crippen LogP contribution < -0.4 is 10.6 Å². The fourth-order valence-corrected chi connectivity index (χ4v) is 4.68. The third-order valence-electron chi connectivity index (χ3n) is 7.00. The zero-order valence-corrected chi connectivity index (χ0v) is 26.2. The molecule has 0 aliphatic carbocycles. The highest BCUT2D eigenvalue weighted by Gasteiger charge is 2.31. The average molecular weight is 627 g/mol. The number of allylic oxidation sites excluding steroid dienone is 1. The Morgan fingerprint density at radius 2 is 1.78 bits per heavy atom. The highest BCUT2D eigenvalue weighted by molar-refractivity contribution is 6.07. The summed E-state index contributed by atoms with van der Waals surface area (Å²) in [5, 5.41) is 29.5. The van der Waals surface area contributed by atoms with Gasteiger partial charge < -0.3 is 30.4 Å². The predicted octanol–water partition coefficient (Wildman–Crippen LogP) is 4.12. The monoisotopic (exact) mass is 626 g/mol. The summed E-state index contributed by atoms with van der Waals surface area (Å²) < 4.78 is 11.6. The van der Waals surface area contributed by atoms with E-state index in [1.54, 1.807) is 50.1 Å². The molecule has 2 amide bonds. The molecule has 3 rings (SSSR count). The first-order valence-corrected chi connectivity index (χ1v) is 14.9. The lowest BCUT2D eigenvalue weighted by Gasteiger charge is -2.33. The summed E-state index contributed by atoms with van der Waals surface area (Å²) in [5.41, 5.74) is -0.00965. The van der Waals surface area contributed by atoms with Gasteiger partial charge in [-0.2, -0.15) is 5.10 Å². The molecule has 244 valence electrons. The number of methoxy groups -OCH3 is 1. The number of likely N-dealkylation sites (tertiary alicyclic amines) is 1. The Morgan fingerprint density at radius 1 is 1.11 bits per heavy atom. The molecule has 0 radical (unpaired) electrons. The maximum atomic E-state index is 12.8. The van der Waals surface area contributed by atoms with E-state index in [1.807, 2.05) is 0 Å². The summed E-state index contributed by atoms with van der Waals surface area (Å²) in [6, 6.07) is 4.74. The van der Waals surface area contributed by atoms with Crippen molar-refractivity contribution in [3.63, 3.8) is 0 Å². The number of carbonyl (C=O) groups excluding carboxylic acids is 3. The first-order valence-electron chi connectivity index (χ1n) is 14.9. The zero-order chi connectivity index (χ0) is 33.0. The first-order chi connectivity index (χ1) is 21.4. The van der Waals surface area contributed by atoms with Gasteiger partial charge in [0.25, 0.3) is 5.91 Å². The Bertz CT molecular complexity index is 1390. The standard InChI is InChI=1S/C30H42N8O7/c1-30(2,3)45-29(41)36-16-12-22(13-17-36)37-20-25(38(42)43)26(35-37)27(39)33-15-8-6-5-7-14-32-19-21(18-31)23-10-9-11-24(34-23)28(40)44-4/h9-11,18-20,22,31-32H,5-8,12-17H2,1-4H3,(H,33,39)/b21-19+,31-18?. The van der Waals surface area contributed by atoms with Gasteiger partial charge in [-0.05, 0) is 58.6 Å². The molecule has 2 aromatic rings. The van der Waals surface area contributed by atoms with Crippen molar-refractivity contribution in [2.75, 3.05) is 33.3 Å². The number of ether oxygens (including phenoxy) is 2. The Labute approximate surface area is 262 Å². The molecule has 45 heavy (non-hydrogen) atoms. The molecule has 1 aliphatic heterocycles. The molecule has 3 N–H and O–H groups in total. The van der Waals surface area contributed by atoms with Gasteiger partial charge in [-0.25, -0.2) is 14.6 Å². The van der Waals surface area contributed by atoms with Crippen LogP contribution in [0.2, 0.25) is 0 Å².